The van der Waals surface area contributed by atoms with Gasteiger partial charge in [0.1, 0.15) is 24.4 Å². The van der Waals surface area contributed by atoms with Crippen molar-refractivity contribution in [3.8, 4) is 0 Å². The fourth-order valence-electron chi connectivity index (χ4n) is 11.8. The highest BCUT2D eigenvalue weighted by Crippen LogP contribution is 2.41. The van der Waals surface area contributed by atoms with E-state index in [0.717, 1.165) is 38.5 Å². The van der Waals surface area contributed by atoms with E-state index in [1.807, 2.05) is 111 Å². The summed E-state index contributed by atoms with van der Waals surface area (Å²) in [5, 5.41) is 47.0. The smallest absolute Gasteiger partial charge is 0.306 e. The van der Waals surface area contributed by atoms with E-state index < -0.39 is 44.3 Å². The van der Waals surface area contributed by atoms with Crippen molar-refractivity contribution < 1.29 is 59.0 Å². The fourth-order valence-corrected chi connectivity index (χ4v) is 11.8. The monoisotopic (exact) mass is 969 g/mol. The van der Waals surface area contributed by atoms with E-state index in [0.29, 0.717) is 77.0 Å². The first-order chi connectivity index (χ1) is 30.9. The Balaban J connectivity index is 0.000000363. The molecule has 68 heavy (non-hydrogen) atoms. The number of piperidine rings is 4. The molecule has 4 aliphatic heterocycles. The van der Waals surface area contributed by atoms with Gasteiger partial charge < -0.3 is 39.8 Å². The number of carbonyl (C=O) groups is 4. The lowest BCUT2D eigenvalue weighted by Gasteiger charge is -2.50. The zero-order valence-corrected chi connectivity index (χ0v) is 45.3. The first-order valence-electron chi connectivity index (χ1n) is 25.7. The van der Waals surface area contributed by atoms with Gasteiger partial charge in [0, 0.05) is 121 Å². The molecule has 0 unspecified atom stereocenters. The number of ether oxygens (including phenoxy) is 4. The van der Waals surface area contributed by atoms with E-state index >= 15 is 0 Å². The summed E-state index contributed by atoms with van der Waals surface area (Å²) in [6.07, 6.45) is 12.1. The van der Waals surface area contributed by atoms with Crippen molar-refractivity contribution in [2.45, 2.75) is 308 Å². The maximum atomic E-state index is 12.3. The first-order valence-corrected chi connectivity index (χ1v) is 25.7. The maximum Gasteiger partial charge on any atom is 0.306 e. The molecule has 0 atom stereocenters. The van der Waals surface area contributed by atoms with Crippen LogP contribution in [-0.2, 0) is 38.1 Å². The summed E-state index contributed by atoms with van der Waals surface area (Å²) >= 11 is 0. The van der Waals surface area contributed by atoms with Crippen molar-refractivity contribution in [2.75, 3.05) is 0 Å². The standard InChI is InChI=1S/C28H52N2O6.C24H44N2O6/c1-25(2)17-21(18-26(3,4)29(25)33)35-23(31)15-13-11-9-10-12-14-16-24(32)36-22-19-27(5,6)30(34)28(7,8)20-22;1-21(2)13-17(14-22(3,4)25(21)29)31-19(27)11-9-10-12-20(28)32-18-15-23(5,6)26(30)24(7,8)16-18/h21-22,33-34H,9-20H2,1-8H3;17-18,29-30H,9-16H2,1-8H3. The summed E-state index contributed by atoms with van der Waals surface area (Å²) in [5.74, 6) is -0.835. The van der Waals surface area contributed by atoms with Crippen LogP contribution >= 0.6 is 0 Å². The molecule has 0 spiro atoms. The Hall–Kier alpha value is -2.44. The Morgan fingerprint density at radius 3 is 0.603 bits per heavy atom. The molecule has 0 aromatic rings. The number of unbranched alkanes of at least 4 members (excludes halogenated alkanes) is 6. The normalized spacial score (nSPS) is 25.1. The van der Waals surface area contributed by atoms with Gasteiger partial charge in [-0.1, -0.05) is 25.7 Å². The molecule has 0 radical (unpaired) electrons. The molecule has 16 heteroatoms. The van der Waals surface area contributed by atoms with E-state index in [1.54, 1.807) is 0 Å². The molecule has 396 valence electrons. The van der Waals surface area contributed by atoms with Crippen molar-refractivity contribution in [3.63, 3.8) is 0 Å². The summed E-state index contributed by atoms with van der Waals surface area (Å²) in [6, 6.07) is 0. The van der Waals surface area contributed by atoms with Crippen LogP contribution in [0.4, 0.5) is 0 Å². The number of nitrogens with zero attached hydrogens (tertiary/aromatic N) is 4. The van der Waals surface area contributed by atoms with E-state index in [-0.39, 0.29) is 61.1 Å². The SMILES string of the molecule is CC1(C)CC(OC(=O)CCCCC(=O)OC2CC(C)(C)N(O)C(C)(C)C2)CC(C)(C)N1O.CC1(C)CC(OC(=O)CCCCCCCCC(=O)OC2CC(C)(C)N(O)C(C)(C)C2)CC(C)(C)N1O. The molecule has 4 aliphatic rings. The van der Waals surface area contributed by atoms with Crippen LogP contribution in [0.1, 0.15) is 239 Å². The average molecular weight is 969 g/mol. The Kier molecular flexibility index (Phi) is 20.6. The fraction of sp³-hybridized carbons (Fsp3) is 0.923. The predicted molar refractivity (Wildman–Crippen MR) is 259 cm³/mol. The molecular weight excluding hydrogens is 873 g/mol. The van der Waals surface area contributed by atoms with Crippen LogP contribution in [0.5, 0.6) is 0 Å². The van der Waals surface area contributed by atoms with Crippen molar-refractivity contribution in [1.29, 1.82) is 0 Å². The highest BCUT2D eigenvalue weighted by Gasteiger charge is 2.49. The third-order valence-corrected chi connectivity index (χ3v) is 14.6. The van der Waals surface area contributed by atoms with Crippen LogP contribution in [0.3, 0.4) is 0 Å². The Morgan fingerprint density at radius 1 is 0.309 bits per heavy atom. The Labute approximate surface area is 409 Å². The number of hydroxylamine groups is 8. The van der Waals surface area contributed by atoms with Crippen molar-refractivity contribution in [3.05, 3.63) is 0 Å². The quantitative estimate of drug-likeness (QED) is 0.0574. The van der Waals surface area contributed by atoms with Crippen LogP contribution in [0.2, 0.25) is 0 Å². The molecule has 0 amide bonds. The van der Waals surface area contributed by atoms with E-state index in [1.165, 1.54) is 20.3 Å². The highest BCUT2D eigenvalue weighted by molar-refractivity contribution is 5.71. The molecule has 4 fully saturated rings. The molecule has 0 aromatic carbocycles. The van der Waals surface area contributed by atoms with Crippen LogP contribution in [0.15, 0.2) is 0 Å². The summed E-state index contributed by atoms with van der Waals surface area (Å²) in [6.45, 7) is 31.2. The van der Waals surface area contributed by atoms with Crippen LogP contribution in [0.25, 0.3) is 0 Å². The van der Waals surface area contributed by atoms with Gasteiger partial charge in [0.25, 0.3) is 0 Å². The van der Waals surface area contributed by atoms with Gasteiger partial charge in [-0.25, -0.2) is 0 Å². The number of hydrogen-bond acceptors (Lipinski definition) is 16. The minimum atomic E-state index is -0.467. The van der Waals surface area contributed by atoms with Crippen molar-refractivity contribution >= 4 is 23.9 Å². The lowest BCUT2D eigenvalue weighted by molar-refractivity contribution is -0.259. The minimum Gasteiger partial charge on any atom is -0.462 e. The molecule has 4 N–H and O–H groups in total. The van der Waals surface area contributed by atoms with Gasteiger partial charge >= 0.3 is 23.9 Å². The molecule has 0 saturated carbocycles. The zero-order chi connectivity index (χ0) is 51.9. The van der Waals surface area contributed by atoms with Gasteiger partial charge in [0.05, 0.1) is 0 Å². The molecule has 0 aliphatic carbocycles. The van der Waals surface area contributed by atoms with Gasteiger partial charge in [-0.15, -0.1) is 0 Å². The predicted octanol–water partition coefficient (Wildman–Crippen LogP) is 10.5. The molecule has 4 rings (SSSR count). The Bertz CT molecular complexity index is 1480. The number of hydrogen-bond donors (Lipinski definition) is 4. The van der Waals surface area contributed by atoms with Gasteiger partial charge in [-0.2, -0.15) is 20.3 Å². The van der Waals surface area contributed by atoms with E-state index in [9.17, 15) is 40.0 Å². The largest absolute Gasteiger partial charge is 0.462 e. The molecule has 16 nitrogen and oxygen atoms in total. The van der Waals surface area contributed by atoms with Gasteiger partial charge in [-0.05, 0) is 136 Å². The summed E-state index contributed by atoms with van der Waals surface area (Å²) < 4.78 is 22.8. The van der Waals surface area contributed by atoms with Gasteiger partial charge in [-0.3, -0.25) is 19.2 Å². The van der Waals surface area contributed by atoms with Crippen molar-refractivity contribution in [1.82, 2.24) is 20.3 Å². The topological polar surface area (TPSA) is 199 Å². The van der Waals surface area contributed by atoms with Gasteiger partial charge in [0.15, 0.2) is 0 Å². The summed E-state index contributed by atoms with van der Waals surface area (Å²) in [5.41, 5.74) is -3.58. The minimum absolute atomic E-state index is 0.154. The van der Waals surface area contributed by atoms with Crippen LogP contribution in [0, 0.1) is 0 Å². The molecule has 0 aromatic heterocycles. The molecule has 4 heterocycles. The number of rotatable bonds is 18. The number of carbonyl (C=O) groups excluding carboxylic acids is 4. The summed E-state index contributed by atoms with van der Waals surface area (Å²) in [7, 11) is 0. The number of esters is 4. The lowest BCUT2D eigenvalue weighted by atomic mass is 9.80. The second-order valence-electron chi connectivity index (χ2n) is 25.7. The van der Waals surface area contributed by atoms with Gasteiger partial charge in [0.2, 0.25) is 0 Å². The second kappa shape index (κ2) is 23.4. The molecular formula is C52H96N4O12. The average Bonchev–Trinajstić information content (AvgIpc) is 3.16. The molecule has 0 bridgehead atoms. The lowest BCUT2D eigenvalue weighted by Crippen LogP contribution is -2.60. The van der Waals surface area contributed by atoms with E-state index in [4.69, 9.17) is 18.9 Å². The van der Waals surface area contributed by atoms with Crippen molar-refractivity contribution in [2.24, 2.45) is 0 Å². The maximum absolute atomic E-state index is 12.3. The Morgan fingerprint density at radius 2 is 0.441 bits per heavy atom. The summed E-state index contributed by atoms with van der Waals surface area (Å²) in [4.78, 5) is 49.3. The highest BCUT2D eigenvalue weighted by atomic mass is 16.6. The molecule has 4 saturated heterocycles. The zero-order valence-electron chi connectivity index (χ0n) is 45.3. The van der Waals surface area contributed by atoms with Crippen LogP contribution in [-0.4, -0.2) is 134 Å². The third-order valence-electron chi connectivity index (χ3n) is 14.6. The van der Waals surface area contributed by atoms with Crippen LogP contribution < -0.4 is 0 Å². The third kappa shape index (κ3) is 17.4. The second-order valence-corrected chi connectivity index (χ2v) is 25.7. The first kappa shape index (κ1) is 59.9. The van der Waals surface area contributed by atoms with E-state index in [2.05, 4.69) is 0 Å².